The summed E-state index contributed by atoms with van der Waals surface area (Å²) in [7, 11) is 3.32. The third-order valence-electron chi connectivity index (χ3n) is 6.13. The van der Waals surface area contributed by atoms with Gasteiger partial charge in [0.15, 0.2) is 11.5 Å². The Bertz CT molecular complexity index is 1360. The lowest BCUT2D eigenvalue weighted by molar-refractivity contribution is 0.245. The minimum Gasteiger partial charge on any atom is -0.493 e. The Hall–Kier alpha value is -4.09. The molecule has 0 fully saturated rings. The zero-order valence-corrected chi connectivity index (χ0v) is 20.1. The van der Waals surface area contributed by atoms with E-state index >= 15 is 0 Å². The Morgan fingerprint density at radius 3 is 1.94 bits per heavy atom. The standard InChI is InChI=1S/C30H29N3O2/c1-34-27-17-16-25(19-28(27)35-2)30-26(31-29-15-9-10-18-33(29)30)22-32(20-23-11-5-3-6-12-23)21-24-13-7-4-8-14-24/h3-19H,20-22H2,1-2H3. The van der Waals surface area contributed by atoms with Gasteiger partial charge in [-0.1, -0.05) is 66.7 Å². The summed E-state index contributed by atoms with van der Waals surface area (Å²) in [4.78, 5) is 7.50. The first-order valence-electron chi connectivity index (χ1n) is 11.7. The fraction of sp³-hybridized carbons (Fsp3) is 0.167. The molecule has 0 saturated heterocycles. The van der Waals surface area contributed by atoms with Gasteiger partial charge in [0.25, 0.3) is 0 Å². The number of methoxy groups -OCH3 is 2. The Labute approximate surface area is 206 Å². The second-order valence-corrected chi connectivity index (χ2v) is 8.52. The van der Waals surface area contributed by atoms with Crippen LogP contribution in [0.2, 0.25) is 0 Å². The highest BCUT2D eigenvalue weighted by atomic mass is 16.5. The molecule has 5 heteroatoms. The van der Waals surface area contributed by atoms with Gasteiger partial charge < -0.3 is 9.47 Å². The molecule has 2 heterocycles. The molecule has 0 radical (unpaired) electrons. The van der Waals surface area contributed by atoms with Crippen LogP contribution in [0.4, 0.5) is 0 Å². The lowest BCUT2D eigenvalue weighted by Gasteiger charge is -2.22. The smallest absolute Gasteiger partial charge is 0.161 e. The molecule has 35 heavy (non-hydrogen) atoms. The van der Waals surface area contributed by atoms with Crippen LogP contribution < -0.4 is 9.47 Å². The summed E-state index contributed by atoms with van der Waals surface area (Å²) >= 11 is 0. The number of rotatable bonds is 9. The number of fused-ring (bicyclic) bond motifs is 1. The molecule has 176 valence electrons. The first-order valence-corrected chi connectivity index (χ1v) is 11.7. The van der Waals surface area contributed by atoms with E-state index in [2.05, 4.69) is 82.2 Å². The zero-order valence-electron chi connectivity index (χ0n) is 20.1. The van der Waals surface area contributed by atoms with E-state index in [1.165, 1.54) is 11.1 Å². The number of aromatic nitrogens is 2. The van der Waals surface area contributed by atoms with Gasteiger partial charge >= 0.3 is 0 Å². The monoisotopic (exact) mass is 463 g/mol. The van der Waals surface area contributed by atoms with Crippen LogP contribution in [0.1, 0.15) is 16.8 Å². The molecule has 0 unspecified atom stereocenters. The highest BCUT2D eigenvalue weighted by Crippen LogP contribution is 2.34. The van der Waals surface area contributed by atoms with Crippen molar-refractivity contribution in [2.75, 3.05) is 14.2 Å². The summed E-state index contributed by atoms with van der Waals surface area (Å²) in [6.07, 6.45) is 2.07. The summed E-state index contributed by atoms with van der Waals surface area (Å²) in [5.41, 5.74) is 6.60. The number of nitrogens with zero attached hydrogens (tertiary/aromatic N) is 3. The van der Waals surface area contributed by atoms with Crippen LogP contribution in [0, 0.1) is 0 Å². The van der Waals surface area contributed by atoms with E-state index in [1.807, 2.05) is 30.3 Å². The second kappa shape index (κ2) is 10.5. The fourth-order valence-electron chi connectivity index (χ4n) is 4.51. The van der Waals surface area contributed by atoms with E-state index < -0.39 is 0 Å². The highest BCUT2D eigenvalue weighted by molar-refractivity contribution is 5.70. The van der Waals surface area contributed by atoms with E-state index in [0.29, 0.717) is 18.0 Å². The van der Waals surface area contributed by atoms with E-state index in [0.717, 1.165) is 35.7 Å². The average Bonchev–Trinajstić information content (AvgIpc) is 3.27. The number of imidazole rings is 1. The molecular formula is C30H29N3O2. The van der Waals surface area contributed by atoms with Crippen molar-refractivity contribution in [2.45, 2.75) is 19.6 Å². The Morgan fingerprint density at radius 1 is 0.686 bits per heavy atom. The van der Waals surface area contributed by atoms with Crippen molar-refractivity contribution in [3.8, 4) is 22.8 Å². The largest absolute Gasteiger partial charge is 0.493 e. The van der Waals surface area contributed by atoms with Gasteiger partial charge in [0.05, 0.1) is 25.6 Å². The van der Waals surface area contributed by atoms with Crippen molar-refractivity contribution in [1.29, 1.82) is 0 Å². The molecular weight excluding hydrogens is 434 g/mol. The molecule has 5 rings (SSSR count). The molecule has 0 amide bonds. The summed E-state index contributed by atoms with van der Waals surface area (Å²) in [6.45, 7) is 2.36. The van der Waals surface area contributed by atoms with E-state index in [4.69, 9.17) is 14.5 Å². The minimum absolute atomic E-state index is 0.701. The van der Waals surface area contributed by atoms with Gasteiger partial charge in [-0.3, -0.25) is 9.30 Å². The molecule has 5 nitrogen and oxygen atoms in total. The van der Waals surface area contributed by atoms with E-state index in [1.54, 1.807) is 14.2 Å². The van der Waals surface area contributed by atoms with Gasteiger partial charge in [-0.2, -0.15) is 0 Å². The molecule has 3 aromatic carbocycles. The van der Waals surface area contributed by atoms with Crippen molar-refractivity contribution in [2.24, 2.45) is 0 Å². The number of hydrogen-bond donors (Lipinski definition) is 0. The maximum Gasteiger partial charge on any atom is 0.161 e. The molecule has 5 aromatic rings. The molecule has 0 bridgehead atoms. The molecule has 0 spiro atoms. The molecule has 0 saturated carbocycles. The third kappa shape index (κ3) is 5.05. The van der Waals surface area contributed by atoms with Gasteiger partial charge in [-0.15, -0.1) is 0 Å². The summed E-state index contributed by atoms with van der Waals surface area (Å²) in [5.74, 6) is 1.41. The van der Waals surface area contributed by atoms with Gasteiger partial charge in [0.2, 0.25) is 0 Å². The van der Waals surface area contributed by atoms with Gasteiger partial charge in [0.1, 0.15) is 5.65 Å². The van der Waals surface area contributed by atoms with Crippen LogP contribution in [0.3, 0.4) is 0 Å². The van der Waals surface area contributed by atoms with Crippen LogP contribution in [-0.4, -0.2) is 28.5 Å². The number of benzene rings is 3. The van der Waals surface area contributed by atoms with Gasteiger partial charge in [0, 0.05) is 31.4 Å². The molecule has 0 aliphatic rings. The lowest BCUT2D eigenvalue weighted by atomic mass is 10.1. The van der Waals surface area contributed by atoms with Crippen molar-refractivity contribution in [3.05, 3.63) is 120 Å². The maximum atomic E-state index is 5.60. The number of ether oxygens (including phenoxy) is 2. The Morgan fingerprint density at radius 2 is 1.31 bits per heavy atom. The summed E-state index contributed by atoms with van der Waals surface area (Å²) < 4.78 is 13.2. The van der Waals surface area contributed by atoms with Crippen molar-refractivity contribution < 1.29 is 9.47 Å². The molecule has 0 aliphatic carbocycles. The van der Waals surface area contributed by atoms with Crippen LogP contribution in [-0.2, 0) is 19.6 Å². The fourth-order valence-corrected chi connectivity index (χ4v) is 4.51. The number of hydrogen-bond acceptors (Lipinski definition) is 4. The molecule has 2 aromatic heterocycles. The van der Waals surface area contributed by atoms with Crippen molar-refractivity contribution in [1.82, 2.24) is 14.3 Å². The summed E-state index contributed by atoms with van der Waals surface area (Å²) in [5, 5.41) is 0. The SMILES string of the molecule is COc1ccc(-c2c(CN(Cc3ccccc3)Cc3ccccc3)nc3ccccn23)cc1OC. The topological polar surface area (TPSA) is 39.0 Å². The zero-order chi connectivity index (χ0) is 24.0. The first kappa shape index (κ1) is 22.7. The van der Waals surface area contributed by atoms with Gasteiger partial charge in [-0.25, -0.2) is 4.98 Å². The quantitative estimate of drug-likeness (QED) is 0.260. The predicted molar refractivity (Wildman–Crippen MR) is 140 cm³/mol. The van der Waals surface area contributed by atoms with Crippen LogP contribution in [0.15, 0.2) is 103 Å². The third-order valence-corrected chi connectivity index (χ3v) is 6.13. The molecule has 0 N–H and O–H groups in total. The maximum absolute atomic E-state index is 5.60. The number of pyridine rings is 1. The Balaban J connectivity index is 1.56. The van der Waals surface area contributed by atoms with Crippen molar-refractivity contribution in [3.63, 3.8) is 0 Å². The van der Waals surface area contributed by atoms with Crippen LogP contribution in [0.25, 0.3) is 16.9 Å². The van der Waals surface area contributed by atoms with E-state index in [-0.39, 0.29) is 0 Å². The molecule has 0 atom stereocenters. The first-order chi connectivity index (χ1) is 17.2. The minimum atomic E-state index is 0.701. The van der Waals surface area contributed by atoms with Crippen molar-refractivity contribution >= 4 is 5.65 Å². The van der Waals surface area contributed by atoms with Gasteiger partial charge in [-0.05, 0) is 41.5 Å². The summed E-state index contributed by atoms with van der Waals surface area (Å²) in [6, 6.07) is 33.4. The Kier molecular flexibility index (Phi) is 6.77. The van der Waals surface area contributed by atoms with Crippen LogP contribution >= 0.6 is 0 Å². The average molecular weight is 464 g/mol. The normalized spacial score (nSPS) is 11.2. The van der Waals surface area contributed by atoms with Crippen LogP contribution in [0.5, 0.6) is 11.5 Å². The second-order valence-electron chi connectivity index (χ2n) is 8.52. The predicted octanol–water partition coefficient (Wildman–Crippen LogP) is 6.22. The lowest BCUT2D eigenvalue weighted by Crippen LogP contribution is -2.23. The highest BCUT2D eigenvalue weighted by Gasteiger charge is 2.19. The van der Waals surface area contributed by atoms with E-state index in [9.17, 15) is 0 Å². The molecule has 0 aliphatic heterocycles.